The Balaban J connectivity index is 0.991. The average molecular weight is 664 g/mol. The Kier molecular flexibility index (Phi) is 6.22. The molecule has 0 saturated carbocycles. The molecule has 0 N–H and O–H groups in total. The fourth-order valence-corrected chi connectivity index (χ4v) is 7.89. The largest absolute Gasteiger partial charge is 0.455 e. The van der Waals surface area contributed by atoms with E-state index in [2.05, 4.69) is 168 Å². The minimum Gasteiger partial charge on any atom is -0.455 e. The van der Waals surface area contributed by atoms with E-state index in [1.807, 2.05) is 12.1 Å². The topological polar surface area (TPSA) is 43.9 Å². The lowest BCUT2D eigenvalue weighted by Gasteiger charge is -2.11. The smallest absolute Gasteiger partial charge is 0.143 e. The summed E-state index contributed by atoms with van der Waals surface area (Å²) in [7, 11) is 0. The molecule has 4 nitrogen and oxygen atoms in total. The summed E-state index contributed by atoms with van der Waals surface area (Å²) in [6.07, 6.45) is 0. The normalized spacial score (nSPS) is 11.8. The minimum atomic E-state index is 0.895. The number of furan rings is 1. The fraction of sp³-hybridized carbons (Fsp3) is 0. The van der Waals surface area contributed by atoms with Crippen molar-refractivity contribution in [3.8, 4) is 39.3 Å². The molecule has 0 aliphatic rings. The summed E-state index contributed by atoms with van der Waals surface area (Å²) >= 11 is 0. The van der Waals surface area contributed by atoms with E-state index in [1.54, 1.807) is 0 Å². The zero-order chi connectivity index (χ0) is 34.2. The molecule has 0 spiro atoms. The maximum Gasteiger partial charge on any atom is 0.143 e. The summed E-state index contributed by atoms with van der Waals surface area (Å²) in [6, 6.07) is 61.9. The number of hydrogen-bond donors (Lipinski definition) is 0. The molecule has 52 heavy (non-hydrogen) atoms. The number of pyridine rings is 2. The van der Waals surface area contributed by atoms with Crippen LogP contribution in [-0.4, -0.2) is 14.5 Å². The van der Waals surface area contributed by atoms with Gasteiger partial charge in [-0.25, -0.2) is 9.97 Å². The highest BCUT2D eigenvalue weighted by Crippen LogP contribution is 2.37. The molecule has 11 aromatic rings. The van der Waals surface area contributed by atoms with Crippen molar-refractivity contribution in [2.24, 2.45) is 0 Å². The minimum absolute atomic E-state index is 0.895. The first-order valence-corrected chi connectivity index (χ1v) is 17.6. The molecule has 0 bridgehead atoms. The molecule has 11 rings (SSSR count). The lowest BCUT2D eigenvalue weighted by Crippen LogP contribution is -1.95. The highest BCUT2D eigenvalue weighted by Gasteiger charge is 2.15. The second-order valence-corrected chi connectivity index (χ2v) is 13.4. The van der Waals surface area contributed by atoms with Gasteiger partial charge in [0.1, 0.15) is 11.2 Å². The molecular formula is C48H29N3O. The van der Waals surface area contributed by atoms with E-state index in [9.17, 15) is 0 Å². The highest BCUT2D eigenvalue weighted by molar-refractivity contribution is 6.10. The molecule has 0 aliphatic heterocycles. The molecule has 242 valence electrons. The Morgan fingerprint density at radius 1 is 0.404 bits per heavy atom. The van der Waals surface area contributed by atoms with Gasteiger partial charge in [0, 0.05) is 54.7 Å². The van der Waals surface area contributed by atoms with Gasteiger partial charge in [-0.2, -0.15) is 0 Å². The monoisotopic (exact) mass is 663 g/mol. The van der Waals surface area contributed by atoms with Crippen LogP contribution in [0.3, 0.4) is 0 Å². The van der Waals surface area contributed by atoms with Gasteiger partial charge in [-0.15, -0.1) is 0 Å². The zero-order valence-corrected chi connectivity index (χ0v) is 28.0. The molecule has 0 fully saturated rings. The van der Waals surface area contributed by atoms with Crippen LogP contribution in [0.1, 0.15) is 0 Å². The summed E-state index contributed by atoms with van der Waals surface area (Å²) in [6.45, 7) is 0. The summed E-state index contributed by atoms with van der Waals surface area (Å²) in [4.78, 5) is 10.5. The van der Waals surface area contributed by atoms with Crippen LogP contribution in [0.2, 0.25) is 0 Å². The Bertz CT molecular complexity index is 3130. The second-order valence-electron chi connectivity index (χ2n) is 13.4. The summed E-state index contributed by atoms with van der Waals surface area (Å²) in [5, 5.41) is 6.89. The van der Waals surface area contributed by atoms with Crippen molar-refractivity contribution < 1.29 is 4.42 Å². The van der Waals surface area contributed by atoms with Crippen LogP contribution in [0.15, 0.2) is 180 Å². The van der Waals surface area contributed by atoms with Crippen molar-refractivity contribution in [3.63, 3.8) is 0 Å². The van der Waals surface area contributed by atoms with Gasteiger partial charge in [-0.3, -0.25) is 0 Å². The Morgan fingerprint density at radius 2 is 0.962 bits per heavy atom. The standard InChI is InChI=1S/C48H29N3O/c1-4-16-43-37(11-1)38-12-2-5-17-44(38)51(43)35-10-7-9-34(29-35)42-28-26-33-24-23-32-25-27-41(49-46(32)47(33)50-42)31-21-19-30(20-22-31)36-14-8-15-40-39-13-3-6-18-45(39)52-48(36)40/h1-29H. The van der Waals surface area contributed by atoms with Crippen LogP contribution in [0.25, 0.3) is 105 Å². The molecule has 4 heteroatoms. The third-order valence-corrected chi connectivity index (χ3v) is 10.4. The van der Waals surface area contributed by atoms with Crippen LogP contribution < -0.4 is 0 Å². The quantitative estimate of drug-likeness (QED) is 0.176. The van der Waals surface area contributed by atoms with Gasteiger partial charge in [0.05, 0.1) is 33.5 Å². The van der Waals surface area contributed by atoms with E-state index in [0.29, 0.717) is 0 Å². The Hall–Kier alpha value is -7.04. The molecule has 7 aromatic carbocycles. The predicted molar refractivity (Wildman–Crippen MR) is 215 cm³/mol. The van der Waals surface area contributed by atoms with Crippen molar-refractivity contribution in [2.75, 3.05) is 0 Å². The van der Waals surface area contributed by atoms with E-state index in [-0.39, 0.29) is 0 Å². The second kappa shape index (κ2) is 11.2. The fourth-order valence-electron chi connectivity index (χ4n) is 7.89. The van der Waals surface area contributed by atoms with Gasteiger partial charge in [0.25, 0.3) is 0 Å². The number of aromatic nitrogens is 3. The third kappa shape index (κ3) is 4.41. The third-order valence-electron chi connectivity index (χ3n) is 10.4. The van der Waals surface area contributed by atoms with Gasteiger partial charge in [0.2, 0.25) is 0 Å². The van der Waals surface area contributed by atoms with Crippen LogP contribution >= 0.6 is 0 Å². The number of para-hydroxylation sites is 4. The highest BCUT2D eigenvalue weighted by atomic mass is 16.3. The zero-order valence-electron chi connectivity index (χ0n) is 28.0. The maximum atomic E-state index is 6.32. The van der Waals surface area contributed by atoms with Gasteiger partial charge >= 0.3 is 0 Å². The van der Waals surface area contributed by atoms with Crippen molar-refractivity contribution >= 4 is 65.6 Å². The Morgan fingerprint density at radius 3 is 1.67 bits per heavy atom. The molecule has 0 saturated heterocycles. The van der Waals surface area contributed by atoms with Crippen LogP contribution in [0.5, 0.6) is 0 Å². The molecule has 0 unspecified atom stereocenters. The average Bonchev–Trinajstić information content (AvgIpc) is 3.77. The van der Waals surface area contributed by atoms with E-state index >= 15 is 0 Å². The first-order chi connectivity index (χ1) is 25.8. The van der Waals surface area contributed by atoms with Crippen LogP contribution in [-0.2, 0) is 0 Å². The van der Waals surface area contributed by atoms with Gasteiger partial charge in [-0.05, 0) is 48.0 Å². The molecular weight excluding hydrogens is 635 g/mol. The van der Waals surface area contributed by atoms with Crippen LogP contribution in [0.4, 0.5) is 0 Å². The van der Waals surface area contributed by atoms with E-state index in [1.165, 1.54) is 21.8 Å². The van der Waals surface area contributed by atoms with E-state index < -0.39 is 0 Å². The molecule has 0 atom stereocenters. The van der Waals surface area contributed by atoms with Crippen LogP contribution in [0, 0.1) is 0 Å². The van der Waals surface area contributed by atoms with Crippen molar-refractivity contribution in [1.29, 1.82) is 0 Å². The molecule has 0 amide bonds. The first-order valence-electron chi connectivity index (χ1n) is 17.6. The molecule has 0 aliphatic carbocycles. The van der Waals surface area contributed by atoms with Gasteiger partial charge < -0.3 is 8.98 Å². The number of fused-ring (bicyclic) bond motifs is 9. The summed E-state index contributed by atoms with van der Waals surface area (Å²) < 4.78 is 8.67. The Labute approximate surface area is 298 Å². The molecule has 0 radical (unpaired) electrons. The number of hydrogen-bond acceptors (Lipinski definition) is 3. The SMILES string of the molecule is c1cc(-c2ccc3ccc4ccc(-c5ccc(-c6cccc7c6oc6ccccc67)cc5)nc4c3n2)cc(-n2c3ccccc3c3ccccc32)c1. The summed E-state index contributed by atoms with van der Waals surface area (Å²) in [5.41, 5.74) is 13.2. The van der Waals surface area contributed by atoms with Crippen molar-refractivity contribution in [3.05, 3.63) is 176 Å². The van der Waals surface area contributed by atoms with Gasteiger partial charge in [0.15, 0.2) is 0 Å². The summed E-state index contributed by atoms with van der Waals surface area (Å²) in [5.74, 6) is 0. The molecule has 4 aromatic heterocycles. The van der Waals surface area contributed by atoms with E-state index in [4.69, 9.17) is 14.4 Å². The number of nitrogens with zero attached hydrogens (tertiary/aromatic N) is 3. The number of rotatable bonds is 4. The predicted octanol–water partition coefficient (Wildman–Crippen LogP) is 12.8. The van der Waals surface area contributed by atoms with E-state index in [0.717, 1.165) is 83.1 Å². The van der Waals surface area contributed by atoms with Crippen molar-refractivity contribution in [2.45, 2.75) is 0 Å². The number of benzene rings is 7. The lowest BCUT2D eigenvalue weighted by atomic mass is 10.00. The lowest BCUT2D eigenvalue weighted by molar-refractivity contribution is 0.670. The molecule has 4 heterocycles. The van der Waals surface area contributed by atoms with Gasteiger partial charge in [-0.1, -0.05) is 133 Å². The van der Waals surface area contributed by atoms with Crippen molar-refractivity contribution in [1.82, 2.24) is 14.5 Å². The first kappa shape index (κ1) is 28.8. The maximum absolute atomic E-state index is 6.32.